The van der Waals surface area contributed by atoms with E-state index in [1.807, 2.05) is 0 Å². The molecule has 2 aromatic carbocycles. The van der Waals surface area contributed by atoms with Crippen molar-refractivity contribution in [1.29, 1.82) is 0 Å². The Hall–Kier alpha value is -2.04. The lowest BCUT2D eigenvalue weighted by Crippen LogP contribution is -2.07. The highest BCUT2D eigenvalue weighted by Gasteiger charge is 2.23. The molecule has 174 valence electrons. The van der Waals surface area contributed by atoms with Gasteiger partial charge in [0.25, 0.3) is 0 Å². The third-order valence-electron chi connectivity index (χ3n) is 6.52. The maximum atomic E-state index is 6.26. The number of ether oxygens (including phenoxy) is 4. The summed E-state index contributed by atoms with van der Waals surface area (Å²) in [6, 6.07) is 9.28. The first-order chi connectivity index (χ1) is 15.7. The van der Waals surface area contributed by atoms with Gasteiger partial charge in [-0.1, -0.05) is 27.7 Å². The van der Waals surface area contributed by atoms with Crippen molar-refractivity contribution in [2.45, 2.75) is 78.4 Å². The van der Waals surface area contributed by atoms with Crippen LogP contribution in [-0.4, -0.2) is 38.6 Å². The highest BCUT2D eigenvalue weighted by Crippen LogP contribution is 2.36. The Labute approximate surface area is 193 Å². The van der Waals surface area contributed by atoms with Crippen molar-refractivity contribution in [1.82, 2.24) is 0 Å². The Morgan fingerprint density at radius 1 is 0.625 bits per heavy atom. The first kappa shape index (κ1) is 23.1. The number of rotatable bonds is 13. The number of hydrogen-bond acceptors (Lipinski definition) is 4. The number of benzene rings is 2. The van der Waals surface area contributed by atoms with E-state index < -0.39 is 0 Å². The molecule has 4 heteroatoms. The van der Waals surface area contributed by atoms with Crippen LogP contribution in [0.5, 0.6) is 11.5 Å². The van der Waals surface area contributed by atoms with E-state index in [2.05, 4.69) is 52.0 Å². The third-order valence-corrected chi connectivity index (χ3v) is 6.52. The monoisotopic (exact) mass is 438 g/mol. The van der Waals surface area contributed by atoms with Gasteiger partial charge in [-0.25, -0.2) is 0 Å². The highest BCUT2D eigenvalue weighted by molar-refractivity contribution is 5.71. The molecule has 0 aromatic heterocycles. The van der Waals surface area contributed by atoms with Gasteiger partial charge in [-0.3, -0.25) is 0 Å². The molecular weight excluding hydrogens is 400 g/mol. The summed E-state index contributed by atoms with van der Waals surface area (Å²) in [7, 11) is 0. The first-order valence-corrected chi connectivity index (χ1v) is 12.5. The van der Waals surface area contributed by atoms with Crippen molar-refractivity contribution in [2.75, 3.05) is 26.4 Å². The van der Waals surface area contributed by atoms with E-state index in [1.54, 1.807) is 0 Å². The molecule has 2 aliphatic rings. The number of hydrogen-bond donors (Lipinski definition) is 0. The largest absolute Gasteiger partial charge is 0.493 e. The van der Waals surface area contributed by atoms with Gasteiger partial charge in [0, 0.05) is 12.8 Å². The zero-order valence-electron chi connectivity index (χ0n) is 20.2. The van der Waals surface area contributed by atoms with Crippen molar-refractivity contribution < 1.29 is 18.9 Å². The van der Waals surface area contributed by atoms with Crippen molar-refractivity contribution in [2.24, 2.45) is 0 Å². The zero-order chi connectivity index (χ0) is 22.5. The molecule has 0 saturated carbocycles. The van der Waals surface area contributed by atoms with Gasteiger partial charge >= 0.3 is 0 Å². The van der Waals surface area contributed by atoms with Crippen LogP contribution in [0.25, 0.3) is 11.1 Å². The average Bonchev–Trinajstić information content (AvgIpc) is 3.74. The molecule has 0 N–H and O–H groups in total. The lowest BCUT2D eigenvalue weighted by molar-refractivity contribution is 0.278. The summed E-state index contributed by atoms with van der Waals surface area (Å²) in [5.41, 5.74) is 7.71. The van der Waals surface area contributed by atoms with Crippen LogP contribution in [0.4, 0.5) is 0 Å². The molecule has 2 atom stereocenters. The van der Waals surface area contributed by atoms with E-state index in [1.165, 1.54) is 33.4 Å². The van der Waals surface area contributed by atoms with Crippen LogP contribution in [0, 0.1) is 0 Å². The summed E-state index contributed by atoms with van der Waals surface area (Å²) < 4.78 is 23.2. The fourth-order valence-electron chi connectivity index (χ4n) is 4.32. The predicted octanol–water partition coefficient (Wildman–Crippen LogP) is 5.94. The van der Waals surface area contributed by atoms with Crippen molar-refractivity contribution in [3.63, 3.8) is 0 Å². The van der Waals surface area contributed by atoms with E-state index in [4.69, 9.17) is 18.9 Å². The molecule has 32 heavy (non-hydrogen) atoms. The normalized spacial score (nSPS) is 19.1. The first-order valence-electron chi connectivity index (χ1n) is 12.5. The van der Waals surface area contributed by atoms with Crippen LogP contribution in [0.15, 0.2) is 24.3 Å². The van der Waals surface area contributed by atoms with Gasteiger partial charge in [-0.05, 0) is 83.3 Å². The molecule has 0 radical (unpaired) electrons. The molecule has 0 spiro atoms. The molecule has 4 nitrogen and oxygen atoms in total. The molecule has 2 saturated heterocycles. The molecule has 4 rings (SSSR count). The smallest absolute Gasteiger partial charge is 0.125 e. The second-order valence-electron chi connectivity index (χ2n) is 8.85. The summed E-state index contributed by atoms with van der Waals surface area (Å²) in [6.07, 6.45) is 6.60. The van der Waals surface area contributed by atoms with Crippen LogP contribution < -0.4 is 9.47 Å². The van der Waals surface area contributed by atoms with E-state index >= 15 is 0 Å². The minimum atomic E-state index is 0.405. The van der Waals surface area contributed by atoms with Gasteiger partial charge in [0.1, 0.15) is 11.5 Å². The molecule has 2 heterocycles. The van der Waals surface area contributed by atoms with E-state index in [-0.39, 0.29) is 0 Å². The Balaban J connectivity index is 1.61. The second kappa shape index (κ2) is 10.7. The van der Waals surface area contributed by atoms with Crippen LogP contribution >= 0.6 is 0 Å². The van der Waals surface area contributed by atoms with Gasteiger partial charge in [0.2, 0.25) is 0 Å². The summed E-state index contributed by atoms with van der Waals surface area (Å²) in [5, 5.41) is 0. The van der Waals surface area contributed by atoms with E-state index in [9.17, 15) is 0 Å². The van der Waals surface area contributed by atoms with Crippen molar-refractivity contribution >= 4 is 0 Å². The van der Waals surface area contributed by atoms with Gasteiger partial charge < -0.3 is 18.9 Å². The molecule has 2 aliphatic heterocycles. The van der Waals surface area contributed by atoms with E-state index in [0.717, 1.165) is 76.5 Å². The lowest BCUT2D eigenvalue weighted by Gasteiger charge is -2.19. The van der Waals surface area contributed by atoms with Crippen molar-refractivity contribution in [3.8, 4) is 22.6 Å². The molecule has 0 aliphatic carbocycles. The van der Waals surface area contributed by atoms with E-state index in [0.29, 0.717) is 12.2 Å². The standard InChI is InChI=1S/C28H38O4/c1-5-19-13-23(14-20(6-2)27(19)29-11-9-25-17-31-25)24-15-21(7-3)28(22(8-4)16-24)30-12-10-26-18-32-26/h13-16,25-26H,5-12,17-18H2,1-4H3. The zero-order valence-corrected chi connectivity index (χ0v) is 20.2. The topological polar surface area (TPSA) is 43.5 Å². The molecule has 2 unspecified atom stereocenters. The molecule has 2 fully saturated rings. The number of epoxide rings is 2. The van der Waals surface area contributed by atoms with Crippen LogP contribution in [-0.2, 0) is 35.2 Å². The van der Waals surface area contributed by atoms with Gasteiger partial charge in [0.05, 0.1) is 38.6 Å². The fourth-order valence-corrected chi connectivity index (χ4v) is 4.32. The second-order valence-corrected chi connectivity index (χ2v) is 8.85. The molecular formula is C28H38O4. The van der Waals surface area contributed by atoms with Crippen molar-refractivity contribution in [3.05, 3.63) is 46.5 Å². The minimum absolute atomic E-state index is 0.405. The minimum Gasteiger partial charge on any atom is -0.493 e. The van der Waals surface area contributed by atoms with Crippen LogP contribution in [0.3, 0.4) is 0 Å². The van der Waals surface area contributed by atoms with Gasteiger partial charge in [-0.15, -0.1) is 0 Å². The van der Waals surface area contributed by atoms with Gasteiger partial charge in [0.15, 0.2) is 0 Å². The SMILES string of the molecule is CCc1cc(-c2cc(CC)c(OCCC3CO3)c(CC)c2)cc(CC)c1OCCC1CO1. The lowest BCUT2D eigenvalue weighted by atomic mass is 9.92. The average molecular weight is 439 g/mol. The Kier molecular flexibility index (Phi) is 7.75. The maximum Gasteiger partial charge on any atom is 0.125 e. The third kappa shape index (κ3) is 5.65. The Bertz CT molecular complexity index is 786. The summed E-state index contributed by atoms with van der Waals surface area (Å²) in [5.74, 6) is 2.15. The predicted molar refractivity (Wildman–Crippen MR) is 129 cm³/mol. The summed E-state index contributed by atoms with van der Waals surface area (Å²) in [6.45, 7) is 12.1. The molecule has 2 aromatic rings. The Morgan fingerprint density at radius 2 is 0.938 bits per heavy atom. The van der Waals surface area contributed by atoms with Crippen LogP contribution in [0.1, 0.15) is 62.8 Å². The summed E-state index contributed by atoms with van der Waals surface area (Å²) in [4.78, 5) is 0. The fraction of sp³-hybridized carbons (Fsp3) is 0.571. The van der Waals surface area contributed by atoms with Crippen LogP contribution in [0.2, 0.25) is 0 Å². The molecule has 0 amide bonds. The molecule has 0 bridgehead atoms. The summed E-state index contributed by atoms with van der Waals surface area (Å²) >= 11 is 0. The Morgan fingerprint density at radius 3 is 1.19 bits per heavy atom. The maximum absolute atomic E-state index is 6.26. The number of aryl methyl sites for hydroxylation is 4. The highest BCUT2D eigenvalue weighted by atomic mass is 16.6. The quantitative estimate of drug-likeness (QED) is 0.363. The van der Waals surface area contributed by atoms with Gasteiger partial charge in [-0.2, -0.15) is 0 Å².